The molecule has 0 aromatic heterocycles. The van der Waals surface area contributed by atoms with Crippen LogP contribution in [0.4, 0.5) is 14.5 Å². The second kappa shape index (κ2) is 4.78. The molecular formula is C12H18F2N2. The van der Waals surface area contributed by atoms with Crippen LogP contribution in [0.15, 0.2) is 18.2 Å². The first-order valence-corrected chi connectivity index (χ1v) is 5.22. The number of anilines is 1. The van der Waals surface area contributed by atoms with Crippen molar-refractivity contribution in [3.8, 4) is 0 Å². The highest BCUT2D eigenvalue weighted by Crippen LogP contribution is 2.25. The van der Waals surface area contributed by atoms with Crippen LogP contribution in [0.3, 0.4) is 0 Å². The Morgan fingerprint density at radius 3 is 2.44 bits per heavy atom. The summed E-state index contributed by atoms with van der Waals surface area (Å²) in [6.07, 6.45) is 0. The average Bonchev–Trinajstić information content (AvgIpc) is 2.16. The molecule has 1 aromatic rings. The van der Waals surface area contributed by atoms with Crippen molar-refractivity contribution in [2.45, 2.75) is 19.4 Å². The number of nitrogens with zero attached hydrogens (tertiary/aromatic N) is 1. The summed E-state index contributed by atoms with van der Waals surface area (Å²) >= 11 is 0. The van der Waals surface area contributed by atoms with Crippen molar-refractivity contribution in [1.82, 2.24) is 5.32 Å². The van der Waals surface area contributed by atoms with Crippen molar-refractivity contribution >= 4 is 5.69 Å². The molecule has 1 rings (SSSR count). The fourth-order valence-electron chi connectivity index (χ4n) is 1.63. The average molecular weight is 228 g/mol. The van der Waals surface area contributed by atoms with Gasteiger partial charge in [-0.3, -0.25) is 0 Å². The number of hydrogen-bond acceptors (Lipinski definition) is 2. The minimum atomic E-state index is -0.555. The molecule has 0 fully saturated rings. The lowest BCUT2D eigenvalue weighted by atomic mass is 10.0. The normalized spacial score (nSPS) is 11.6. The van der Waals surface area contributed by atoms with Crippen LogP contribution in [0.25, 0.3) is 0 Å². The van der Waals surface area contributed by atoms with E-state index in [4.69, 9.17) is 0 Å². The third-order valence-electron chi connectivity index (χ3n) is 2.79. The molecule has 0 radical (unpaired) electrons. The highest BCUT2D eigenvalue weighted by molar-refractivity contribution is 5.49. The Balaban J connectivity index is 3.00. The van der Waals surface area contributed by atoms with Crippen LogP contribution in [0.1, 0.15) is 13.8 Å². The third-order valence-corrected chi connectivity index (χ3v) is 2.79. The Morgan fingerprint density at radius 1 is 1.31 bits per heavy atom. The van der Waals surface area contributed by atoms with Gasteiger partial charge in [-0.05, 0) is 33.0 Å². The molecule has 0 amide bonds. The molecule has 0 aliphatic heterocycles. The van der Waals surface area contributed by atoms with Gasteiger partial charge >= 0.3 is 0 Å². The number of likely N-dealkylation sites (N-methyl/N-ethyl adjacent to an activating group) is 2. The number of hydrogen-bond donors (Lipinski definition) is 1. The fraction of sp³-hybridized carbons (Fsp3) is 0.500. The number of halogens is 2. The van der Waals surface area contributed by atoms with E-state index in [0.29, 0.717) is 12.2 Å². The zero-order valence-corrected chi connectivity index (χ0v) is 10.1. The van der Waals surface area contributed by atoms with Gasteiger partial charge in [-0.2, -0.15) is 0 Å². The van der Waals surface area contributed by atoms with Gasteiger partial charge in [-0.1, -0.05) is 0 Å². The number of nitrogens with one attached hydrogen (secondary N) is 1. The van der Waals surface area contributed by atoms with Gasteiger partial charge in [0, 0.05) is 25.2 Å². The molecule has 0 spiro atoms. The van der Waals surface area contributed by atoms with E-state index in [1.807, 2.05) is 20.9 Å². The summed E-state index contributed by atoms with van der Waals surface area (Å²) in [5.41, 5.74) is 0.162. The third kappa shape index (κ3) is 2.70. The van der Waals surface area contributed by atoms with E-state index < -0.39 is 11.6 Å². The minimum Gasteiger partial charge on any atom is -0.366 e. The van der Waals surface area contributed by atoms with Gasteiger partial charge in [0.1, 0.15) is 11.6 Å². The molecule has 1 N–H and O–H groups in total. The van der Waals surface area contributed by atoms with E-state index in [0.717, 1.165) is 6.07 Å². The van der Waals surface area contributed by atoms with Crippen LogP contribution in [-0.4, -0.2) is 26.2 Å². The van der Waals surface area contributed by atoms with Crippen molar-refractivity contribution in [1.29, 1.82) is 0 Å². The smallest absolute Gasteiger partial charge is 0.149 e. The van der Waals surface area contributed by atoms with Crippen LogP contribution in [-0.2, 0) is 0 Å². The largest absolute Gasteiger partial charge is 0.366 e. The summed E-state index contributed by atoms with van der Waals surface area (Å²) < 4.78 is 26.4. The topological polar surface area (TPSA) is 15.3 Å². The van der Waals surface area contributed by atoms with E-state index in [1.165, 1.54) is 12.1 Å². The van der Waals surface area contributed by atoms with Crippen molar-refractivity contribution in [2.24, 2.45) is 0 Å². The van der Waals surface area contributed by atoms with Crippen molar-refractivity contribution in [2.75, 3.05) is 25.5 Å². The lowest BCUT2D eigenvalue weighted by molar-refractivity contribution is 0.455. The maximum atomic E-state index is 13.6. The summed E-state index contributed by atoms with van der Waals surface area (Å²) in [7, 11) is 3.64. The van der Waals surface area contributed by atoms with Crippen molar-refractivity contribution in [3.63, 3.8) is 0 Å². The van der Waals surface area contributed by atoms with E-state index in [-0.39, 0.29) is 5.54 Å². The summed E-state index contributed by atoms with van der Waals surface area (Å²) in [4.78, 5) is 1.80. The quantitative estimate of drug-likeness (QED) is 0.851. The molecule has 0 saturated heterocycles. The Morgan fingerprint density at radius 2 is 1.94 bits per heavy atom. The van der Waals surface area contributed by atoms with Crippen LogP contribution < -0.4 is 10.2 Å². The Bertz CT molecular complexity index is 364. The molecule has 0 atom stereocenters. The molecule has 4 heteroatoms. The summed E-state index contributed by atoms with van der Waals surface area (Å²) in [6, 6.07) is 3.63. The van der Waals surface area contributed by atoms with Crippen molar-refractivity contribution < 1.29 is 8.78 Å². The zero-order valence-electron chi connectivity index (χ0n) is 10.1. The molecule has 0 aliphatic carbocycles. The zero-order chi connectivity index (χ0) is 12.3. The van der Waals surface area contributed by atoms with Crippen LogP contribution >= 0.6 is 0 Å². The standard InChI is InChI=1S/C12H18F2N2/c1-12(2,8-15-3)16(4)11-6-5-9(13)7-10(11)14/h5-7,15H,8H2,1-4H3. The minimum absolute atomic E-state index is 0.243. The lowest BCUT2D eigenvalue weighted by Crippen LogP contribution is -2.48. The molecule has 0 heterocycles. The molecule has 1 aromatic carbocycles. The monoisotopic (exact) mass is 228 g/mol. The molecule has 0 saturated carbocycles. The summed E-state index contributed by atoms with van der Waals surface area (Å²) in [5, 5.41) is 3.05. The molecule has 2 nitrogen and oxygen atoms in total. The molecule has 16 heavy (non-hydrogen) atoms. The first-order valence-electron chi connectivity index (χ1n) is 5.22. The van der Waals surface area contributed by atoms with Gasteiger partial charge in [0.15, 0.2) is 0 Å². The maximum absolute atomic E-state index is 13.6. The SMILES string of the molecule is CNCC(C)(C)N(C)c1ccc(F)cc1F. The van der Waals surface area contributed by atoms with Crippen molar-refractivity contribution in [3.05, 3.63) is 29.8 Å². The first kappa shape index (κ1) is 12.9. The summed E-state index contributed by atoms with van der Waals surface area (Å²) in [5.74, 6) is -1.09. The van der Waals surface area contributed by atoms with Gasteiger partial charge in [-0.15, -0.1) is 0 Å². The molecule has 0 unspecified atom stereocenters. The summed E-state index contributed by atoms with van der Waals surface area (Å²) in [6.45, 7) is 4.69. The van der Waals surface area contributed by atoms with Gasteiger partial charge in [0.05, 0.1) is 5.69 Å². The fourth-order valence-corrected chi connectivity index (χ4v) is 1.63. The van der Waals surface area contributed by atoms with E-state index in [1.54, 1.807) is 11.9 Å². The molecular weight excluding hydrogens is 210 g/mol. The Labute approximate surface area is 95.3 Å². The lowest BCUT2D eigenvalue weighted by Gasteiger charge is -2.37. The van der Waals surface area contributed by atoms with E-state index in [9.17, 15) is 8.78 Å². The van der Waals surface area contributed by atoms with Crippen LogP contribution in [0, 0.1) is 11.6 Å². The Hall–Kier alpha value is -1.16. The highest BCUT2D eigenvalue weighted by atomic mass is 19.1. The van der Waals surface area contributed by atoms with Gasteiger partial charge in [0.25, 0.3) is 0 Å². The molecule has 0 bridgehead atoms. The van der Waals surface area contributed by atoms with Gasteiger partial charge < -0.3 is 10.2 Å². The van der Waals surface area contributed by atoms with E-state index >= 15 is 0 Å². The maximum Gasteiger partial charge on any atom is 0.149 e. The number of benzene rings is 1. The second-order valence-corrected chi connectivity index (χ2v) is 4.50. The molecule has 90 valence electrons. The first-order chi connectivity index (χ1) is 7.38. The predicted octanol–water partition coefficient (Wildman–Crippen LogP) is 2.40. The van der Waals surface area contributed by atoms with Crippen LogP contribution in [0.5, 0.6) is 0 Å². The number of rotatable bonds is 4. The van der Waals surface area contributed by atoms with Crippen LogP contribution in [0.2, 0.25) is 0 Å². The van der Waals surface area contributed by atoms with Gasteiger partial charge in [0.2, 0.25) is 0 Å². The van der Waals surface area contributed by atoms with E-state index in [2.05, 4.69) is 5.32 Å². The Kier molecular flexibility index (Phi) is 3.86. The second-order valence-electron chi connectivity index (χ2n) is 4.50. The van der Waals surface area contributed by atoms with Gasteiger partial charge in [-0.25, -0.2) is 8.78 Å². The molecule has 0 aliphatic rings. The highest BCUT2D eigenvalue weighted by Gasteiger charge is 2.24. The predicted molar refractivity (Wildman–Crippen MR) is 62.8 cm³/mol.